The minimum atomic E-state index is 0.0483. The largest absolute Gasteiger partial charge is 0.380 e. The molecule has 0 bridgehead atoms. The molecule has 134 valence electrons. The summed E-state index contributed by atoms with van der Waals surface area (Å²) in [7, 11) is 1.67. The summed E-state index contributed by atoms with van der Waals surface area (Å²) in [5.41, 5.74) is 2.09. The number of fused-ring (bicyclic) bond motifs is 1. The highest BCUT2D eigenvalue weighted by Crippen LogP contribution is 2.17. The molecular weight excluding hydrogens is 316 g/mol. The van der Waals surface area contributed by atoms with Crippen molar-refractivity contribution in [3.05, 3.63) is 47.0 Å². The Labute approximate surface area is 148 Å². The summed E-state index contributed by atoms with van der Waals surface area (Å²) in [5.74, 6) is 2.29. The summed E-state index contributed by atoms with van der Waals surface area (Å²) >= 11 is 0. The highest BCUT2D eigenvalue weighted by Gasteiger charge is 2.23. The number of amides is 1. The van der Waals surface area contributed by atoms with E-state index in [2.05, 4.69) is 29.2 Å². The van der Waals surface area contributed by atoms with Gasteiger partial charge in [0.2, 0.25) is 5.91 Å². The third kappa shape index (κ3) is 4.45. The Balaban J connectivity index is 1.57. The lowest BCUT2D eigenvalue weighted by atomic mass is 10.1. The van der Waals surface area contributed by atoms with E-state index in [9.17, 15) is 4.79 Å². The topological polar surface area (TPSA) is 69.0 Å². The van der Waals surface area contributed by atoms with Crippen LogP contribution in [0.25, 0.3) is 0 Å². The zero-order valence-electron chi connectivity index (χ0n) is 15.2. The molecular formula is C19H26N4O2. The van der Waals surface area contributed by atoms with E-state index < -0.39 is 0 Å². The first-order valence-corrected chi connectivity index (χ1v) is 8.85. The number of aromatic nitrogens is 3. The number of carbonyl (C=O) groups excluding carboxylic acids is 1. The maximum atomic E-state index is 12.4. The summed E-state index contributed by atoms with van der Waals surface area (Å²) in [6.45, 7) is 5.45. The van der Waals surface area contributed by atoms with Gasteiger partial charge in [-0.05, 0) is 17.5 Å². The van der Waals surface area contributed by atoms with E-state index in [1.165, 1.54) is 0 Å². The molecule has 3 rings (SSSR count). The highest BCUT2D eigenvalue weighted by atomic mass is 16.5. The number of ether oxygens (including phenoxy) is 1. The van der Waals surface area contributed by atoms with Gasteiger partial charge in [0.25, 0.3) is 0 Å². The Morgan fingerprint density at radius 3 is 2.96 bits per heavy atom. The monoisotopic (exact) mass is 342 g/mol. The normalized spacial score (nSPS) is 16.7. The standard InChI is InChI=1S/C19H26N4O2/c1-13(2)19-21-17-8-7-16(11-23(17)22-19)20-18(24)10-14-5-4-6-15(9-14)12-25-3/h4-6,9,13,16H,7-8,10-12H2,1-3H3,(H,20,24)/t16-/m0/s1. The minimum absolute atomic E-state index is 0.0483. The minimum Gasteiger partial charge on any atom is -0.380 e. The number of hydrogen-bond donors (Lipinski definition) is 1. The fraction of sp³-hybridized carbons (Fsp3) is 0.526. The number of rotatable bonds is 6. The van der Waals surface area contributed by atoms with Crippen molar-refractivity contribution in [3.8, 4) is 0 Å². The number of aryl methyl sites for hydroxylation is 1. The van der Waals surface area contributed by atoms with Gasteiger partial charge in [-0.1, -0.05) is 38.1 Å². The predicted molar refractivity (Wildman–Crippen MR) is 95.2 cm³/mol. The fourth-order valence-electron chi connectivity index (χ4n) is 3.15. The molecule has 1 amide bonds. The van der Waals surface area contributed by atoms with Gasteiger partial charge in [0, 0.05) is 25.5 Å². The van der Waals surface area contributed by atoms with Gasteiger partial charge in [-0.25, -0.2) is 9.67 Å². The van der Waals surface area contributed by atoms with Crippen LogP contribution in [0.2, 0.25) is 0 Å². The van der Waals surface area contributed by atoms with E-state index in [1.807, 2.05) is 28.9 Å². The molecule has 1 aliphatic rings. The maximum Gasteiger partial charge on any atom is 0.224 e. The summed E-state index contributed by atoms with van der Waals surface area (Å²) in [6.07, 6.45) is 2.15. The summed E-state index contributed by atoms with van der Waals surface area (Å²) in [5, 5.41) is 7.70. The second-order valence-corrected chi connectivity index (χ2v) is 6.96. The highest BCUT2D eigenvalue weighted by molar-refractivity contribution is 5.78. The first-order valence-electron chi connectivity index (χ1n) is 8.85. The quantitative estimate of drug-likeness (QED) is 0.874. The second-order valence-electron chi connectivity index (χ2n) is 6.96. The molecule has 1 aromatic carbocycles. The van der Waals surface area contributed by atoms with E-state index in [0.717, 1.165) is 35.6 Å². The Morgan fingerprint density at radius 2 is 2.20 bits per heavy atom. The zero-order chi connectivity index (χ0) is 17.8. The summed E-state index contributed by atoms with van der Waals surface area (Å²) in [4.78, 5) is 17.0. The third-order valence-electron chi connectivity index (χ3n) is 4.42. The average Bonchev–Trinajstić information content (AvgIpc) is 2.99. The molecule has 2 aromatic rings. The first-order chi connectivity index (χ1) is 12.0. The van der Waals surface area contributed by atoms with E-state index in [0.29, 0.717) is 25.5 Å². The second kappa shape index (κ2) is 7.78. The molecule has 1 aliphatic heterocycles. The maximum absolute atomic E-state index is 12.4. The van der Waals surface area contributed by atoms with Gasteiger partial charge < -0.3 is 10.1 Å². The number of methoxy groups -OCH3 is 1. The molecule has 0 aliphatic carbocycles. The van der Waals surface area contributed by atoms with Gasteiger partial charge in [-0.2, -0.15) is 5.10 Å². The molecule has 25 heavy (non-hydrogen) atoms. The van der Waals surface area contributed by atoms with Crippen LogP contribution in [0.3, 0.4) is 0 Å². The van der Waals surface area contributed by atoms with Crippen molar-refractivity contribution in [3.63, 3.8) is 0 Å². The molecule has 1 aromatic heterocycles. The molecule has 1 atom stereocenters. The van der Waals surface area contributed by atoms with Crippen molar-refractivity contribution in [2.75, 3.05) is 7.11 Å². The Morgan fingerprint density at radius 1 is 1.40 bits per heavy atom. The van der Waals surface area contributed by atoms with Crippen molar-refractivity contribution >= 4 is 5.91 Å². The zero-order valence-corrected chi connectivity index (χ0v) is 15.2. The molecule has 0 saturated heterocycles. The third-order valence-corrected chi connectivity index (χ3v) is 4.42. The van der Waals surface area contributed by atoms with Crippen molar-refractivity contribution in [1.82, 2.24) is 20.1 Å². The van der Waals surface area contributed by atoms with E-state index in [-0.39, 0.29) is 11.9 Å². The van der Waals surface area contributed by atoms with Gasteiger partial charge in [-0.15, -0.1) is 0 Å². The summed E-state index contributed by atoms with van der Waals surface area (Å²) in [6, 6.07) is 8.08. The van der Waals surface area contributed by atoms with Gasteiger partial charge >= 0.3 is 0 Å². The van der Waals surface area contributed by atoms with E-state index >= 15 is 0 Å². The van der Waals surface area contributed by atoms with Crippen LogP contribution in [0.1, 0.15) is 49.0 Å². The summed E-state index contributed by atoms with van der Waals surface area (Å²) < 4.78 is 7.09. The number of carbonyl (C=O) groups is 1. The average molecular weight is 342 g/mol. The lowest BCUT2D eigenvalue weighted by molar-refractivity contribution is -0.121. The molecule has 6 nitrogen and oxygen atoms in total. The molecule has 0 saturated carbocycles. The van der Waals surface area contributed by atoms with Crippen LogP contribution in [0.4, 0.5) is 0 Å². The molecule has 0 radical (unpaired) electrons. The number of hydrogen-bond acceptors (Lipinski definition) is 4. The molecule has 6 heteroatoms. The molecule has 0 spiro atoms. The van der Waals surface area contributed by atoms with Crippen molar-refractivity contribution < 1.29 is 9.53 Å². The van der Waals surface area contributed by atoms with Crippen molar-refractivity contribution in [1.29, 1.82) is 0 Å². The van der Waals surface area contributed by atoms with E-state index in [1.54, 1.807) is 7.11 Å². The Bertz CT molecular complexity index is 739. The van der Waals surface area contributed by atoms with Crippen LogP contribution < -0.4 is 5.32 Å². The fourth-order valence-corrected chi connectivity index (χ4v) is 3.15. The Kier molecular flexibility index (Phi) is 5.48. The van der Waals surface area contributed by atoms with Crippen LogP contribution in [0.5, 0.6) is 0 Å². The van der Waals surface area contributed by atoms with Crippen LogP contribution >= 0.6 is 0 Å². The van der Waals surface area contributed by atoms with Gasteiger partial charge in [0.05, 0.1) is 19.6 Å². The van der Waals surface area contributed by atoms with Crippen LogP contribution in [0, 0.1) is 0 Å². The van der Waals surface area contributed by atoms with Crippen molar-refractivity contribution in [2.24, 2.45) is 0 Å². The lowest BCUT2D eigenvalue weighted by Gasteiger charge is -2.23. The van der Waals surface area contributed by atoms with E-state index in [4.69, 9.17) is 4.74 Å². The van der Waals surface area contributed by atoms with Crippen LogP contribution in [-0.2, 0) is 35.5 Å². The SMILES string of the molecule is COCc1cccc(CC(=O)N[C@H]2CCc3nc(C(C)C)nn3C2)c1. The van der Waals surface area contributed by atoms with Crippen molar-refractivity contribution in [2.45, 2.75) is 58.2 Å². The molecule has 0 fully saturated rings. The first kappa shape index (κ1) is 17.6. The molecule has 2 heterocycles. The van der Waals surface area contributed by atoms with Gasteiger partial charge in [0.1, 0.15) is 5.82 Å². The van der Waals surface area contributed by atoms with Gasteiger partial charge in [-0.3, -0.25) is 4.79 Å². The lowest BCUT2D eigenvalue weighted by Crippen LogP contribution is -2.42. The van der Waals surface area contributed by atoms with Crippen LogP contribution in [0.15, 0.2) is 24.3 Å². The predicted octanol–water partition coefficient (Wildman–Crippen LogP) is 2.22. The smallest absolute Gasteiger partial charge is 0.224 e. The number of nitrogens with one attached hydrogen (secondary N) is 1. The molecule has 0 unspecified atom stereocenters. The van der Waals surface area contributed by atoms with Crippen LogP contribution in [-0.4, -0.2) is 33.8 Å². The number of nitrogens with zero attached hydrogens (tertiary/aromatic N) is 3. The Hall–Kier alpha value is -2.21. The number of benzene rings is 1. The molecule has 1 N–H and O–H groups in total. The van der Waals surface area contributed by atoms with Gasteiger partial charge in [0.15, 0.2) is 5.82 Å².